The second kappa shape index (κ2) is 6.91. The number of carbonyl (C=O) groups excluding carboxylic acids is 1. The maximum Gasteiger partial charge on any atom is 0.410 e. The van der Waals surface area contributed by atoms with Crippen molar-refractivity contribution in [2.24, 2.45) is 5.92 Å². The Kier molecular flexibility index (Phi) is 5.18. The highest BCUT2D eigenvalue weighted by Gasteiger charge is 2.32. The zero-order valence-electron chi connectivity index (χ0n) is 13.3. The molecule has 1 saturated heterocycles. The van der Waals surface area contributed by atoms with Gasteiger partial charge in [-0.1, -0.05) is 0 Å². The third-order valence-corrected chi connectivity index (χ3v) is 3.46. The van der Waals surface area contributed by atoms with Gasteiger partial charge in [0.2, 0.25) is 5.95 Å². The Labute approximate surface area is 130 Å². The van der Waals surface area contributed by atoms with E-state index in [1.807, 2.05) is 20.8 Å². The molecule has 1 amide bonds. The Bertz CT molecular complexity index is 489. The van der Waals surface area contributed by atoms with Crippen molar-refractivity contribution in [3.05, 3.63) is 18.5 Å². The number of aromatic nitrogens is 2. The van der Waals surface area contributed by atoms with Crippen molar-refractivity contribution in [3.63, 3.8) is 0 Å². The lowest BCUT2D eigenvalue weighted by molar-refractivity contribution is -0.0104. The van der Waals surface area contributed by atoms with Gasteiger partial charge in [0.15, 0.2) is 0 Å². The zero-order chi connectivity index (χ0) is 16.2. The van der Waals surface area contributed by atoms with Gasteiger partial charge >= 0.3 is 6.09 Å². The van der Waals surface area contributed by atoms with Crippen LogP contribution in [-0.2, 0) is 4.74 Å². The number of nitrogens with zero attached hydrogens (tertiary/aromatic N) is 3. The molecule has 7 heteroatoms. The van der Waals surface area contributed by atoms with Crippen LogP contribution in [0.25, 0.3) is 0 Å². The van der Waals surface area contributed by atoms with E-state index in [0.717, 1.165) is 0 Å². The minimum Gasteiger partial charge on any atom is -0.444 e. The summed E-state index contributed by atoms with van der Waals surface area (Å²) in [7, 11) is 0. The van der Waals surface area contributed by atoms with Crippen LogP contribution in [0.2, 0.25) is 0 Å². The van der Waals surface area contributed by atoms with E-state index >= 15 is 0 Å². The summed E-state index contributed by atoms with van der Waals surface area (Å²) < 4.78 is 5.33. The molecule has 2 N–H and O–H groups in total. The number of β-amino-alcohol motifs (C(OH)–C–C–N with tert-alkyl or cyclic N) is 1. The molecule has 1 aromatic heterocycles. The number of aliphatic hydroxyl groups excluding tert-OH is 1. The number of carbonyl (C=O) groups is 1. The third kappa shape index (κ3) is 4.84. The van der Waals surface area contributed by atoms with Crippen LogP contribution in [0.15, 0.2) is 18.5 Å². The van der Waals surface area contributed by atoms with Crippen molar-refractivity contribution in [3.8, 4) is 0 Å². The van der Waals surface area contributed by atoms with E-state index in [1.165, 1.54) is 0 Å². The fourth-order valence-electron chi connectivity index (χ4n) is 2.32. The van der Waals surface area contributed by atoms with Gasteiger partial charge in [-0.25, -0.2) is 14.8 Å². The summed E-state index contributed by atoms with van der Waals surface area (Å²) in [6, 6.07) is 1.75. The number of piperidine rings is 1. The van der Waals surface area contributed by atoms with Crippen LogP contribution < -0.4 is 5.32 Å². The van der Waals surface area contributed by atoms with Crippen LogP contribution in [-0.4, -0.2) is 57.4 Å². The van der Waals surface area contributed by atoms with Gasteiger partial charge in [0.1, 0.15) is 5.60 Å². The van der Waals surface area contributed by atoms with Gasteiger partial charge in [-0.2, -0.15) is 0 Å². The molecule has 0 saturated carbocycles. The number of anilines is 1. The van der Waals surface area contributed by atoms with E-state index in [0.29, 0.717) is 25.5 Å². The lowest BCUT2D eigenvalue weighted by Gasteiger charge is -2.36. The summed E-state index contributed by atoms with van der Waals surface area (Å²) in [5, 5.41) is 13.3. The van der Waals surface area contributed by atoms with Crippen LogP contribution >= 0.6 is 0 Å². The molecule has 1 aliphatic heterocycles. The number of rotatable bonds is 3. The van der Waals surface area contributed by atoms with Crippen LogP contribution in [0.4, 0.5) is 10.7 Å². The van der Waals surface area contributed by atoms with E-state index in [9.17, 15) is 9.90 Å². The second-order valence-electron chi connectivity index (χ2n) is 6.50. The van der Waals surface area contributed by atoms with Gasteiger partial charge < -0.3 is 20.1 Å². The largest absolute Gasteiger partial charge is 0.444 e. The third-order valence-electron chi connectivity index (χ3n) is 3.46. The molecule has 0 aliphatic carbocycles. The summed E-state index contributed by atoms with van der Waals surface area (Å²) >= 11 is 0. The fourth-order valence-corrected chi connectivity index (χ4v) is 2.32. The number of ether oxygens (including phenoxy) is 1. The fraction of sp³-hybridized carbons (Fsp3) is 0.667. The Balaban J connectivity index is 1.81. The monoisotopic (exact) mass is 308 g/mol. The normalized spacial score (nSPS) is 22.3. The highest BCUT2D eigenvalue weighted by atomic mass is 16.6. The molecular weight excluding hydrogens is 284 g/mol. The van der Waals surface area contributed by atoms with Gasteiger partial charge in [-0.05, 0) is 33.3 Å². The highest BCUT2D eigenvalue weighted by Crippen LogP contribution is 2.20. The SMILES string of the molecule is CC(C)(C)OC(=O)N1CC[C@H](CNc2ncccn2)[C@@H](O)C1. The molecule has 1 aromatic rings. The number of hydrogen-bond acceptors (Lipinski definition) is 6. The minimum atomic E-state index is -0.586. The Morgan fingerprint density at radius 3 is 2.73 bits per heavy atom. The standard InChI is InChI=1S/C15H24N4O3/c1-15(2,3)22-14(21)19-8-5-11(12(20)10-19)9-18-13-16-6-4-7-17-13/h4,6-7,11-12,20H,5,8-10H2,1-3H3,(H,16,17,18)/t11-,12+/m1/s1. The van der Waals surface area contributed by atoms with Crippen LogP contribution in [0.1, 0.15) is 27.2 Å². The van der Waals surface area contributed by atoms with Crippen molar-refractivity contribution in [1.29, 1.82) is 0 Å². The summed E-state index contributed by atoms with van der Waals surface area (Å²) in [4.78, 5) is 21.7. The first-order valence-corrected chi connectivity index (χ1v) is 7.52. The number of nitrogens with one attached hydrogen (secondary N) is 1. The second-order valence-corrected chi connectivity index (χ2v) is 6.50. The topological polar surface area (TPSA) is 87.6 Å². The Morgan fingerprint density at radius 2 is 2.14 bits per heavy atom. The summed E-state index contributed by atoms with van der Waals surface area (Å²) in [6.07, 6.45) is 3.08. The molecule has 2 atom stereocenters. The number of aliphatic hydroxyl groups is 1. The van der Waals surface area contributed by atoms with Crippen molar-refractivity contribution < 1.29 is 14.6 Å². The maximum atomic E-state index is 12.0. The first kappa shape index (κ1) is 16.5. The van der Waals surface area contributed by atoms with Crippen molar-refractivity contribution in [1.82, 2.24) is 14.9 Å². The molecule has 0 spiro atoms. The Hall–Kier alpha value is -1.89. The molecule has 22 heavy (non-hydrogen) atoms. The van der Waals surface area contributed by atoms with E-state index < -0.39 is 11.7 Å². The highest BCUT2D eigenvalue weighted by molar-refractivity contribution is 5.68. The van der Waals surface area contributed by atoms with Gasteiger partial charge in [-0.3, -0.25) is 0 Å². The smallest absolute Gasteiger partial charge is 0.410 e. The van der Waals surface area contributed by atoms with Crippen LogP contribution in [0, 0.1) is 5.92 Å². The van der Waals surface area contributed by atoms with E-state index in [2.05, 4.69) is 15.3 Å². The maximum absolute atomic E-state index is 12.0. The van der Waals surface area contributed by atoms with Crippen molar-refractivity contribution in [2.75, 3.05) is 25.0 Å². The molecule has 0 aromatic carbocycles. The molecular formula is C15H24N4O3. The first-order chi connectivity index (χ1) is 10.3. The molecule has 0 bridgehead atoms. The van der Waals surface area contributed by atoms with Gasteiger partial charge in [0.05, 0.1) is 12.6 Å². The number of amides is 1. The molecule has 2 heterocycles. The minimum absolute atomic E-state index is 0.0579. The summed E-state index contributed by atoms with van der Waals surface area (Å²) in [5.41, 5.74) is -0.523. The molecule has 1 fully saturated rings. The molecule has 7 nitrogen and oxygen atoms in total. The quantitative estimate of drug-likeness (QED) is 0.880. The lowest BCUT2D eigenvalue weighted by Crippen LogP contribution is -2.49. The van der Waals surface area contributed by atoms with Gasteiger partial charge in [0.25, 0.3) is 0 Å². The molecule has 1 aliphatic rings. The number of hydrogen-bond donors (Lipinski definition) is 2. The summed E-state index contributed by atoms with van der Waals surface area (Å²) in [6.45, 7) is 6.94. The van der Waals surface area contributed by atoms with Gasteiger partial charge in [0, 0.05) is 31.4 Å². The van der Waals surface area contributed by atoms with E-state index in [-0.39, 0.29) is 18.6 Å². The number of likely N-dealkylation sites (tertiary alicyclic amines) is 1. The Morgan fingerprint density at radius 1 is 1.45 bits per heavy atom. The van der Waals surface area contributed by atoms with Crippen LogP contribution in [0.3, 0.4) is 0 Å². The van der Waals surface area contributed by atoms with Crippen LogP contribution in [0.5, 0.6) is 0 Å². The van der Waals surface area contributed by atoms with Crippen molar-refractivity contribution >= 4 is 12.0 Å². The van der Waals surface area contributed by atoms with Crippen molar-refractivity contribution in [2.45, 2.75) is 38.9 Å². The van der Waals surface area contributed by atoms with E-state index in [4.69, 9.17) is 4.74 Å². The predicted molar refractivity (Wildman–Crippen MR) is 82.4 cm³/mol. The summed E-state index contributed by atoms with van der Waals surface area (Å²) in [5.74, 6) is 0.603. The first-order valence-electron chi connectivity index (χ1n) is 7.52. The predicted octanol–water partition coefficient (Wildman–Crippen LogP) is 1.51. The van der Waals surface area contributed by atoms with E-state index in [1.54, 1.807) is 23.4 Å². The molecule has 2 rings (SSSR count). The molecule has 0 radical (unpaired) electrons. The average Bonchev–Trinajstić information content (AvgIpc) is 2.45. The zero-order valence-corrected chi connectivity index (χ0v) is 13.3. The average molecular weight is 308 g/mol. The lowest BCUT2D eigenvalue weighted by atomic mass is 9.94. The molecule has 0 unspecified atom stereocenters. The van der Waals surface area contributed by atoms with Gasteiger partial charge in [-0.15, -0.1) is 0 Å². The molecule has 122 valence electrons.